The number of rotatable bonds is 4. The van der Waals surface area contributed by atoms with E-state index in [1.807, 2.05) is 0 Å². The van der Waals surface area contributed by atoms with E-state index in [0.29, 0.717) is 18.5 Å². The van der Waals surface area contributed by atoms with Crippen LogP contribution in [0.1, 0.15) is 56.1 Å². The Morgan fingerprint density at radius 1 is 1.30 bits per heavy atom. The molecule has 110 valence electrons. The van der Waals surface area contributed by atoms with E-state index in [4.69, 9.17) is 10.2 Å². The fourth-order valence-corrected chi connectivity index (χ4v) is 4.44. The van der Waals surface area contributed by atoms with Crippen LogP contribution in [0.25, 0.3) is 0 Å². The molecule has 1 aliphatic heterocycles. The van der Waals surface area contributed by atoms with Gasteiger partial charge in [-0.1, -0.05) is 13.3 Å². The van der Waals surface area contributed by atoms with Gasteiger partial charge in [-0.2, -0.15) is 0 Å². The van der Waals surface area contributed by atoms with Crippen molar-refractivity contribution in [1.82, 2.24) is 4.90 Å². The number of fused-ring (bicyclic) bond motifs is 1. The lowest BCUT2D eigenvalue weighted by Crippen LogP contribution is -2.32. The van der Waals surface area contributed by atoms with E-state index in [1.54, 1.807) is 0 Å². The Morgan fingerprint density at radius 2 is 2.00 bits per heavy atom. The number of nitrogens with zero attached hydrogens (tertiary/aromatic N) is 1. The Balaban J connectivity index is 1.49. The molecule has 1 aromatic heterocycles. The molecule has 4 rings (SSSR count). The average Bonchev–Trinajstić information content (AvgIpc) is 2.87. The van der Waals surface area contributed by atoms with Gasteiger partial charge in [0.1, 0.15) is 11.5 Å². The second-order valence-electron chi connectivity index (χ2n) is 7.22. The summed E-state index contributed by atoms with van der Waals surface area (Å²) in [5.74, 6) is 5.59. The molecular formula is C17H26N2O. The summed E-state index contributed by atoms with van der Waals surface area (Å²) in [6.45, 7) is 5.42. The molecule has 3 fully saturated rings. The molecule has 20 heavy (non-hydrogen) atoms. The van der Waals surface area contributed by atoms with Crippen LogP contribution in [0.5, 0.6) is 0 Å². The van der Waals surface area contributed by atoms with Gasteiger partial charge in [0.15, 0.2) is 0 Å². The van der Waals surface area contributed by atoms with Gasteiger partial charge in [-0.05, 0) is 49.1 Å². The Morgan fingerprint density at radius 3 is 2.60 bits per heavy atom. The average molecular weight is 274 g/mol. The summed E-state index contributed by atoms with van der Waals surface area (Å²) < 4.78 is 6.14. The molecule has 3 heteroatoms. The molecule has 5 atom stereocenters. The Kier molecular flexibility index (Phi) is 3.15. The van der Waals surface area contributed by atoms with Gasteiger partial charge in [-0.15, -0.1) is 0 Å². The molecule has 3 aliphatic rings. The van der Waals surface area contributed by atoms with Crippen molar-refractivity contribution in [3.63, 3.8) is 0 Å². The van der Waals surface area contributed by atoms with Gasteiger partial charge in [0, 0.05) is 25.6 Å². The lowest BCUT2D eigenvalue weighted by molar-refractivity contribution is 0.202. The molecule has 2 N–H and O–H groups in total. The van der Waals surface area contributed by atoms with E-state index >= 15 is 0 Å². The molecule has 0 bridgehead atoms. The highest BCUT2D eigenvalue weighted by atomic mass is 16.3. The Bertz CT molecular complexity index is 471. The topological polar surface area (TPSA) is 42.4 Å². The van der Waals surface area contributed by atoms with E-state index in [1.165, 1.54) is 44.5 Å². The third-order valence-electron chi connectivity index (χ3n) is 5.87. The zero-order chi connectivity index (χ0) is 13.7. The molecule has 2 saturated carbocycles. The molecule has 1 aromatic rings. The van der Waals surface area contributed by atoms with Crippen LogP contribution in [0.2, 0.25) is 0 Å². The van der Waals surface area contributed by atoms with Gasteiger partial charge >= 0.3 is 0 Å². The van der Waals surface area contributed by atoms with Crippen molar-refractivity contribution in [2.24, 2.45) is 23.5 Å². The monoisotopic (exact) mass is 274 g/mol. The first kappa shape index (κ1) is 12.9. The van der Waals surface area contributed by atoms with Gasteiger partial charge in [0.25, 0.3) is 0 Å². The van der Waals surface area contributed by atoms with Gasteiger partial charge in [0.05, 0.1) is 6.04 Å². The zero-order valence-electron chi connectivity index (χ0n) is 12.4. The molecule has 0 radical (unpaired) electrons. The third kappa shape index (κ3) is 2.11. The summed E-state index contributed by atoms with van der Waals surface area (Å²) in [4.78, 5) is 2.58. The minimum absolute atomic E-state index is 0.295. The van der Waals surface area contributed by atoms with E-state index in [0.717, 1.165) is 23.5 Å². The molecule has 2 aliphatic carbocycles. The second-order valence-corrected chi connectivity index (χ2v) is 7.22. The summed E-state index contributed by atoms with van der Waals surface area (Å²) in [5.41, 5.74) is 6.06. The zero-order valence-corrected chi connectivity index (χ0v) is 12.4. The van der Waals surface area contributed by atoms with Crippen LogP contribution in [-0.4, -0.2) is 24.5 Å². The van der Waals surface area contributed by atoms with Gasteiger partial charge in [0.2, 0.25) is 0 Å². The summed E-state index contributed by atoms with van der Waals surface area (Å²) in [6, 6.07) is 4.65. The van der Waals surface area contributed by atoms with E-state index in [2.05, 4.69) is 24.0 Å². The summed E-state index contributed by atoms with van der Waals surface area (Å²) in [6.07, 6.45) is 5.55. The minimum Gasteiger partial charge on any atom is -0.464 e. The summed E-state index contributed by atoms with van der Waals surface area (Å²) in [7, 11) is 0. The Labute approximate surface area is 121 Å². The highest BCUT2D eigenvalue weighted by molar-refractivity contribution is 5.20. The molecule has 3 nitrogen and oxygen atoms in total. The van der Waals surface area contributed by atoms with Crippen LogP contribution < -0.4 is 5.73 Å². The summed E-state index contributed by atoms with van der Waals surface area (Å²) in [5, 5.41) is 0. The van der Waals surface area contributed by atoms with Crippen LogP contribution in [0.4, 0.5) is 0 Å². The van der Waals surface area contributed by atoms with Crippen molar-refractivity contribution in [1.29, 1.82) is 0 Å². The minimum atomic E-state index is 0.295. The van der Waals surface area contributed by atoms with Crippen LogP contribution in [0.15, 0.2) is 16.5 Å². The molecule has 0 amide bonds. The Hall–Kier alpha value is -0.800. The maximum atomic E-state index is 6.14. The van der Waals surface area contributed by atoms with E-state index in [-0.39, 0.29) is 0 Å². The van der Waals surface area contributed by atoms with Crippen molar-refractivity contribution < 1.29 is 4.42 Å². The van der Waals surface area contributed by atoms with E-state index < -0.39 is 0 Å². The molecule has 0 spiro atoms. The number of furan rings is 1. The molecule has 5 unspecified atom stereocenters. The number of likely N-dealkylation sites (tertiary alicyclic amines) is 1. The fourth-order valence-electron chi connectivity index (χ4n) is 4.44. The van der Waals surface area contributed by atoms with Gasteiger partial charge in [-0.25, -0.2) is 0 Å². The summed E-state index contributed by atoms with van der Waals surface area (Å²) >= 11 is 0. The quantitative estimate of drug-likeness (QED) is 0.917. The van der Waals surface area contributed by atoms with Crippen LogP contribution in [-0.2, 0) is 0 Å². The largest absolute Gasteiger partial charge is 0.464 e. The van der Waals surface area contributed by atoms with Crippen molar-refractivity contribution in [2.45, 2.75) is 44.6 Å². The number of hydrogen-bond acceptors (Lipinski definition) is 3. The van der Waals surface area contributed by atoms with Gasteiger partial charge < -0.3 is 10.2 Å². The third-order valence-corrected chi connectivity index (χ3v) is 5.87. The first-order chi connectivity index (χ1) is 9.76. The standard InChI is InChI=1S/C17H26N2O/c1-11-7-14(11)16-5-6-17(20-16)15(8-18)19-9-12-3-2-4-13(12)10-19/h5-6,11-15H,2-4,7-10,18H2,1H3. The predicted octanol–water partition coefficient (Wildman–Crippen LogP) is 3.13. The highest BCUT2D eigenvalue weighted by Crippen LogP contribution is 2.48. The number of nitrogens with two attached hydrogens (primary N) is 1. The van der Waals surface area contributed by atoms with Crippen molar-refractivity contribution in [3.8, 4) is 0 Å². The molecule has 2 heterocycles. The predicted molar refractivity (Wildman–Crippen MR) is 79.4 cm³/mol. The van der Waals surface area contributed by atoms with Crippen LogP contribution >= 0.6 is 0 Å². The van der Waals surface area contributed by atoms with Crippen molar-refractivity contribution >= 4 is 0 Å². The molecule has 1 saturated heterocycles. The molecular weight excluding hydrogens is 248 g/mol. The SMILES string of the molecule is CC1CC1c1ccc(C(CN)N2CC3CCCC3C2)o1. The molecule has 0 aromatic carbocycles. The van der Waals surface area contributed by atoms with Crippen LogP contribution in [0.3, 0.4) is 0 Å². The maximum absolute atomic E-state index is 6.14. The first-order valence-corrected chi connectivity index (χ1v) is 8.30. The second kappa shape index (κ2) is 4.88. The lowest BCUT2D eigenvalue weighted by Gasteiger charge is -2.25. The highest BCUT2D eigenvalue weighted by Gasteiger charge is 2.40. The van der Waals surface area contributed by atoms with Crippen molar-refractivity contribution in [2.75, 3.05) is 19.6 Å². The first-order valence-electron chi connectivity index (χ1n) is 8.30. The normalized spacial score (nSPS) is 38.1. The number of hydrogen-bond donors (Lipinski definition) is 1. The fraction of sp³-hybridized carbons (Fsp3) is 0.765. The smallest absolute Gasteiger partial charge is 0.122 e. The lowest BCUT2D eigenvalue weighted by atomic mass is 10.0. The van der Waals surface area contributed by atoms with Gasteiger partial charge in [-0.3, -0.25) is 4.90 Å². The van der Waals surface area contributed by atoms with E-state index in [9.17, 15) is 0 Å². The van der Waals surface area contributed by atoms with Crippen LogP contribution in [0, 0.1) is 17.8 Å². The van der Waals surface area contributed by atoms with Crippen molar-refractivity contribution in [3.05, 3.63) is 23.7 Å². The maximum Gasteiger partial charge on any atom is 0.122 e.